The van der Waals surface area contributed by atoms with E-state index in [4.69, 9.17) is 48.7 Å². The fourth-order valence-corrected chi connectivity index (χ4v) is 6.23. The molecule has 0 radical (unpaired) electrons. The summed E-state index contributed by atoms with van der Waals surface area (Å²) in [6.07, 6.45) is -5.51. The van der Waals surface area contributed by atoms with E-state index in [2.05, 4.69) is 0 Å². The quantitative estimate of drug-likeness (QED) is 0.0642. The molecule has 2 aromatic carbocycles. The molecule has 5 rings (SSSR count). The van der Waals surface area contributed by atoms with Crippen molar-refractivity contribution in [3.05, 3.63) is 89.6 Å². The molecule has 0 amide bonds. The summed E-state index contributed by atoms with van der Waals surface area (Å²) in [5.41, 5.74) is -2.17. The number of hydrogen-bond donors (Lipinski definition) is 0. The molecule has 1 fully saturated rings. The third-order valence-corrected chi connectivity index (χ3v) is 9.91. The molecular weight excluding hydrogens is 807 g/mol. The lowest BCUT2D eigenvalue weighted by molar-refractivity contribution is -0.294. The number of aryl methyl sites for hydroxylation is 2. The monoisotopic (exact) mass is 875 g/mol. The molecule has 1 aliphatic heterocycles. The van der Waals surface area contributed by atoms with Crippen LogP contribution in [0.4, 0.5) is 0 Å². The largest absolute Gasteiger partial charge is 0.462 e. The highest BCUT2D eigenvalue weighted by Crippen LogP contribution is 2.37. The maximum absolute atomic E-state index is 14.1. The van der Waals surface area contributed by atoms with Crippen molar-refractivity contribution in [2.45, 2.75) is 140 Å². The Morgan fingerprint density at radius 3 is 1.81 bits per heavy atom. The number of fused-ring (bicyclic) bond motifs is 1. The fraction of sp³-hybridized carbons (Fsp3) is 0.551. The highest BCUT2D eigenvalue weighted by Gasteiger charge is 2.56. The van der Waals surface area contributed by atoms with Crippen molar-refractivity contribution in [1.29, 1.82) is 0 Å². The predicted octanol–water partition coefficient (Wildman–Crippen LogP) is 8.00. The Morgan fingerprint density at radius 2 is 1.22 bits per heavy atom. The summed E-state index contributed by atoms with van der Waals surface area (Å²) in [6, 6.07) is 21.4. The summed E-state index contributed by atoms with van der Waals surface area (Å²) >= 11 is 0. The number of hydrogen-bond acceptors (Lipinski definition) is 13. The summed E-state index contributed by atoms with van der Waals surface area (Å²) in [5.74, 6) is -3.50. The van der Waals surface area contributed by atoms with Crippen molar-refractivity contribution in [1.82, 2.24) is 14.8 Å². The highest BCUT2D eigenvalue weighted by atomic mass is 16.7. The van der Waals surface area contributed by atoms with E-state index in [1.165, 1.54) is 55.4 Å². The first-order chi connectivity index (χ1) is 31.7. The molecule has 14 heteroatoms. The van der Waals surface area contributed by atoms with Crippen LogP contribution in [0.3, 0.4) is 0 Å². The molecule has 342 valence electrons. The molecule has 1 saturated heterocycles. The van der Waals surface area contributed by atoms with Gasteiger partial charge < -0.3 is 33.2 Å². The van der Waals surface area contributed by atoms with Gasteiger partial charge in [-0.2, -0.15) is 0 Å². The van der Waals surface area contributed by atoms with Crippen LogP contribution in [0.25, 0.3) is 11.0 Å². The molecule has 0 bridgehead atoms. The zero-order valence-electron chi connectivity index (χ0n) is 41.7. The number of rotatable bonds is 15. The molecule has 4 aromatic rings. The Balaban J connectivity index is 1.67. The SMILES string of the molecule is [2H]CC(C)(C)C(=O)OC[C@H]1OC(Oc2nn(CCOCc3ccccc3)c3nccc(CCc4ccccc4)c23)[C@H](OC(=O)C(C)(C)C[2H])[C@@H](OC(=O)C(C)(C)C[2H])[C@@H]1OC(=O)C(C)(C)C[2H]. The minimum absolute atomic E-state index is 0.00606. The van der Waals surface area contributed by atoms with Gasteiger partial charge in [-0.3, -0.25) is 19.2 Å². The Bertz CT molecular complexity index is 2290. The molecule has 63 heavy (non-hydrogen) atoms. The van der Waals surface area contributed by atoms with Crippen LogP contribution in [0.1, 0.15) is 105 Å². The van der Waals surface area contributed by atoms with Crippen LogP contribution in [-0.2, 0) is 73.6 Å². The average molecular weight is 876 g/mol. The summed E-state index contributed by atoms with van der Waals surface area (Å²) < 4.78 is 77.5. The van der Waals surface area contributed by atoms with Crippen molar-refractivity contribution in [2.24, 2.45) is 21.7 Å². The number of carbonyl (C=O) groups is 4. The molecular formula is C49H65N3O11. The van der Waals surface area contributed by atoms with Crippen LogP contribution in [0.2, 0.25) is 0 Å². The van der Waals surface area contributed by atoms with Gasteiger partial charge in [0.2, 0.25) is 18.3 Å². The van der Waals surface area contributed by atoms with Crippen LogP contribution >= 0.6 is 0 Å². The standard InChI is InChI=1S/C49H65N3O11/c1-46(2,3)42(53)58-30-34-36(60-43(54)47(4,5)6)37(61-44(55)48(7,8)9)38(62-45(56)49(10,11)12)41(59-34)63-40-35-33(24-23-31-19-15-13-16-20-31)25-26-50-39(35)52(51-40)27-28-57-29-32-21-17-14-18-22-32/h13-22,25-26,34,36-38,41H,23-24,27-30H2,1-12H3/t34-,36-,37+,38-,41?/m1/s1/i1D,4D,7D,10D. The van der Waals surface area contributed by atoms with E-state index >= 15 is 0 Å². The maximum Gasteiger partial charge on any atom is 0.311 e. The first kappa shape index (κ1) is 42.9. The van der Waals surface area contributed by atoms with Crippen LogP contribution in [0.15, 0.2) is 72.9 Å². The minimum Gasteiger partial charge on any atom is -0.462 e. The molecule has 0 saturated carbocycles. The molecule has 5 atom stereocenters. The summed E-state index contributed by atoms with van der Waals surface area (Å²) in [5, 5.41) is 5.37. The number of esters is 4. The molecule has 3 heterocycles. The van der Waals surface area contributed by atoms with E-state index in [-0.39, 0.29) is 25.9 Å². The lowest BCUT2D eigenvalue weighted by atomic mass is 9.93. The predicted molar refractivity (Wildman–Crippen MR) is 235 cm³/mol. The lowest BCUT2D eigenvalue weighted by Crippen LogP contribution is -2.65. The Hall–Kier alpha value is -5.34. The zero-order valence-corrected chi connectivity index (χ0v) is 37.7. The highest BCUT2D eigenvalue weighted by molar-refractivity contribution is 5.85. The van der Waals surface area contributed by atoms with Crippen LogP contribution < -0.4 is 4.74 Å². The van der Waals surface area contributed by atoms with E-state index in [0.717, 1.165) is 16.7 Å². The van der Waals surface area contributed by atoms with Crippen molar-refractivity contribution in [3.63, 3.8) is 0 Å². The lowest BCUT2D eigenvalue weighted by Gasteiger charge is -2.45. The summed E-state index contributed by atoms with van der Waals surface area (Å²) in [4.78, 5) is 60.1. The van der Waals surface area contributed by atoms with Crippen molar-refractivity contribution in [3.8, 4) is 5.88 Å². The fourth-order valence-electron chi connectivity index (χ4n) is 6.23. The maximum atomic E-state index is 14.1. The van der Waals surface area contributed by atoms with Gasteiger partial charge in [-0.05, 0) is 119 Å². The van der Waals surface area contributed by atoms with Gasteiger partial charge in [-0.1, -0.05) is 60.7 Å². The second kappa shape index (κ2) is 20.0. The zero-order chi connectivity index (χ0) is 49.2. The topological polar surface area (TPSA) is 164 Å². The molecule has 0 N–H and O–H groups in total. The van der Waals surface area contributed by atoms with Gasteiger partial charge in [0.05, 0.1) is 46.8 Å². The smallest absolute Gasteiger partial charge is 0.311 e. The van der Waals surface area contributed by atoms with E-state index in [9.17, 15) is 19.2 Å². The summed E-state index contributed by atoms with van der Waals surface area (Å²) in [6.45, 7) is 10.7. The second-order valence-corrected chi connectivity index (χ2v) is 18.6. The molecule has 1 aliphatic rings. The van der Waals surface area contributed by atoms with Crippen LogP contribution in [0.5, 0.6) is 5.88 Å². The molecule has 0 aliphatic carbocycles. The number of nitrogens with zero attached hydrogens (tertiary/aromatic N) is 3. The van der Waals surface area contributed by atoms with E-state index in [1.807, 2.05) is 66.7 Å². The Kier molecular flexibility index (Phi) is 13.6. The van der Waals surface area contributed by atoms with E-state index in [0.29, 0.717) is 30.5 Å². The normalized spacial score (nSPS) is 20.4. The Labute approximate surface area is 376 Å². The van der Waals surface area contributed by atoms with Crippen molar-refractivity contribution < 1.29 is 57.8 Å². The number of ether oxygens (including phenoxy) is 7. The molecule has 1 unspecified atom stereocenters. The van der Waals surface area contributed by atoms with E-state index < -0.39 is 104 Å². The molecule has 14 nitrogen and oxygen atoms in total. The first-order valence-electron chi connectivity index (χ1n) is 23.8. The number of benzene rings is 2. The second-order valence-electron chi connectivity index (χ2n) is 18.6. The number of carbonyl (C=O) groups excluding carboxylic acids is 4. The summed E-state index contributed by atoms with van der Waals surface area (Å²) in [7, 11) is 0. The third kappa shape index (κ3) is 13.1. The average Bonchev–Trinajstić information content (AvgIpc) is 3.68. The van der Waals surface area contributed by atoms with Gasteiger partial charge >= 0.3 is 23.9 Å². The first-order valence-corrected chi connectivity index (χ1v) is 21.0. The van der Waals surface area contributed by atoms with Gasteiger partial charge in [-0.25, -0.2) is 9.67 Å². The van der Waals surface area contributed by atoms with Gasteiger partial charge in [-0.15, -0.1) is 5.10 Å². The van der Waals surface area contributed by atoms with E-state index in [1.54, 1.807) is 10.9 Å². The van der Waals surface area contributed by atoms with Gasteiger partial charge in [0.15, 0.2) is 17.9 Å². The van der Waals surface area contributed by atoms with Gasteiger partial charge in [0, 0.05) is 11.7 Å². The third-order valence-electron chi connectivity index (χ3n) is 9.91. The molecule has 2 aromatic heterocycles. The number of pyridine rings is 1. The van der Waals surface area contributed by atoms with Crippen molar-refractivity contribution >= 4 is 34.9 Å². The number of aromatic nitrogens is 3. The van der Waals surface area contributed by atoms with Crippen molar-refractivity contribution in [2.75, 3.05) is 13.2 Å². The van der Waals surface area contributed by atoms with Gasteiger partial charge in [0.25, 0.3) is 0 Å². The van der Waals surface area contributed by atoms with Crippen LogP contribution in [-0.4, -0.2) is 82.6 Å². The molecule has 0 spiro atoms. The minimum atomic E-state index is -1.74. The Morgan fingerprint density at radius 1 is 0.683 bits per heavy atom. The van der Waals surface area contributed by atoms with Gasteiger partial charge in [0.1, 0.15) is 12.7 Å². The van der Waals surface area contributed by atoms with Crippen LogP contribution in [0, 0.1) is 21.7 Å².